The Balaban J connectivity index is 1.26. The number of carbonyl (C=O) groups excluding carboxylic acids is 1. The second-order valence-electron chi connectivity index (χ2n) is 7.77. The predicted molar refractivity (Wildman–Crippen MR) is 118 cm³/mol. The van der Waals surface area contributed by atoms with Gasteiger partial charge in [-0.3, -0.25) is 9.69 Å². The monoisotopic (exact) mass is 420 g/mol. The Morgan fingerprint density at radius 2 is 1.77 bits per heavy atom. The molecule has 1 aliphatic heterocycles. The fraction of sp³-hybridized carbons (Fsp3) is 0.240. The molecule has 0 atom stereocenters. The molecule has 1 heterocycles. The lowest BCUT2D eigenvalue weighted by Crippen LogP contribution is -2.37. The Labute approximate surface area is 181 Å². The van der Waals surface area contributed by atoms with Gasteiger partial charge in [0.05, 0.1) is 0 Å². The topological polar surface area (TPSA) is 61.8 Å². The number of nitrogens with zero attached hydrogens (tertiary/aromatic N) is 1. The van der Waals surface area contributed by atoms with Crippen molar-refractivity contribution in [2.75, 3.05) is 18.4 Å². The number of para-hydroxylation sites is 1. The first kappa shape index (κ1) is 20.9. The van der Waals surface area contributed by atoms with Crippen LogP contribution in [0.5, 0.6) is 17.2 Å². The molecular weight excluding hydrogens is 395 g/mol. The molecule has 160 valence electrons. The summed E-state index contributed by atoms with van der Waals surface area (Å²) in [6.45, 7) is 2.44. The molecule has 0 radical (unpaired) electrons. The molecule has 5 nitrogen and oxygen atoms in total. The first-order valence-electron chi connectivity index (χ1n) is 10.4. The van der Waals surface area contributed by atoms with E-state index in [1.54, 1.807) is 54.6 Å². The SMILES string of the molecule is O=C(Nc1ccc(Oc2ccccc2F)cc1)C1CCN(Cc2cccc(O)c2)CC1. The number of benzene rings is 3. The van der Waals surface area contributed by atoms with Crippen molar-refractivity contribution in [1.82, 2.24) is 4.90 Å². The maximum absolute atomic E-state index is 13.7. The number of phenolic OH excluding ortho intramolecular Hbond substituents is 1. The van der Waals surface area contributed by atoms with E-state index in [0.29, 0.717) is 11.4 Å². The molecule has 3 aromatic rings. The Kier molecular flexibility index (Phi) is 6.48. The van der Waals surface area contributed by atoms with Gasteiger partial charge in [-0.2, -0.15) is 0 Å². The molecule has 6 heteroatoms. The zero-order chi connectivity index (χ0) is 21.6. The van der Waals surface area contributed by atoms with Crippen molar-refractivity contribution in [3.8, 4) is 17.2 Å². The van der Waals surface area contributed by atoms with E-state index in [0.717, 1.165) is 38.0 Å². The van der Waals surface area contributed by atoms with E-state index in [1.165, 1.54) is 6.07 Å². The van der Waals surface area contributed by atoms with Gasteiger partial charge in [0.15, 0.2) is 11.6 Å². The number of hydrogen-bond acceptors (Lipinski definition) is 4. The molecule has 0 saturated carbocycles. The number of halogens is 1. The third kappa shape index (κ3) is 5.61. The molecule has 0 aromatic heterocycles. The van der Waals surface area contributed by atoms with Crippen LogP contribution in [0.15, 0.2) is 72.8 Å². The van der Waals surface area contributed by atoms with Crippen LogP contribution >= 0.6 is 0 Å². The van der Waals surface area contributed by atoms with Crippen molar-refractivity contribution in [3.63, 3.8) is 0 Å². The fourth-order valence-corrected chi connectivity index (χ4v) is 3.77. The number of nitrogens with one attached hydrogen (secondary N) is 1. The summed E-state index contributed by atoms with van der Waals surface area (Å²) in [6, 6.07) is 20.4. The number of hydrogen-bond donors (Lipinski definition) is 2. The van der Waals surface area contributed by atoms with Gasteiger partial charge in [-0.25, -0.2) is 4.39 Å². The average Bonchev–Trinajstić information content (AvgIpc) is 2.77. The van der Waals surface area contributed by atoms with Crippen LogP contribution in [-0.4, -0.2) is 29.0 Å². The van der Waals surface area contributed by atoms with Crippen LogP contribution in [0, 0.1) is 11.7 Å². The number of rotatable bonds is 6. The summed E-state index contributed by atoms with van der Waals surface area (Å²) < 4.78 is 19.2. The van der Waals surface area contributed by atoms with Crippen molar-refractivity contribution < 1.29 is 19.0 Å². The molecule has 2 N–H and O–H groups in total. The number of carbonyl (C=O) groups is 1. The quantitative estimate of drug-likeness (QED) is 0.577. The van der Waals surface area contributed by atoms with Crippen LogP contribution in [0.25, 0.3) is 0 Å². The lowest BCUT2D eigenvalue weighted by atomic mass is 9.95. The number of aromatic hydroxyl groups is 1. The lowest BCUT2D eigenvalue weighted by Gasteiger charge is -2.31. The van der Waals surface area contributed by atoms with E-state index < -0.39 is 5.82 Å². The Morgan fingerprint density at radius 3 is 2.48 bits per heavy atom. The van der Waals surface area contributed by atoms with Gasteiger partial charge >= 0.3 is 0 Å². The van der Waals surface area contributed by atoms with Gasteiger partial charge in [0.2, 0.25) is 5.91 Å². The Morgan fingerprint density at radius 1 is 1.03 bits per heavy atom. The zero-order valence-corrected chi connectivity index (χ0v) is 17.1. The van der Waals surface area contributed by atoms with Gasteiger partial charge in [0.25, 0.3) is 0 Å². The molecule has 0 spiro atoms. The molecule has 3 aromatic carbocycles. The second kappa shape index (κ2) is 9.62. The standard InChI is InChI=1S/C25H25FN2O3/c26-23-6-1-2-7-24(23)31-22-10-8-20(9-11-22)27-25(30)19-12-14-28(15-13-19)17-18-4-3-5-21(29)16-18/h1-11,16,19,29H,12-15,17H2,(H,27,30). The van der Waals surface area contributed by atoms with Gasteiger partial charge in [0.1, 0.15) is 11.5 Å². The summed E-state index contributed by atoms with van der Waals surface area (Å²) in [5.41, 5.74) is 1.76. The highest BCUT2D eigenvalue weighted by molar-refractivity contribution is 5.92. The van der Waals surface area contributed by atoms with Crippen LogP contribution in [0.2, 0.25) is 0 Å². The van der Waals surface area contributed by atoms with E-state index in [9.17, 15) is 14.3 Å². The number of anilines is 1. The molecular formula is C25H25FN2O3. The van der Waals surface area contributed by atoms with E-state index in [1.807, 2.05) is 12.1 Å². The summed E-state index contributed by atoms with van der Waals surface area (Å²) >= 11 is 0. The molecule has 31 heavy (non-hydrogen) atoms. The largest absolute Gasteiger partial charge is 0.508 e. The highest BCUT2D eigenvalue weighted by atomic mass is 19.1. The van der Waals surface area contributed by atoms with Crippen molar-refractivity contribution in [2.24, 2.45) is 5.92 Å². The van der Waals surface area contributed by atoms with Crippen molar-refractivity contribution in [1.29, 1.82) is 0 Å². The lowest BCUT2D eigenvalue weighted by molar-refractivity contribution is -0.121. The summed E-state index contributed by atoms with van der Waals surface area (Å²) in [7, 11) is 0. The second-order valence-corrected chi connectivity index (χ2v) is 7.77. The molecule has 1 aliphatic rings. The van der Waals surface area contributed by atoms with Gasteiger partial charge in [-0.15, -0.1) is 0 Å². The molecule has 1 amide bonds. The van der Waals surface area contributed by atoms with Gasteiger partial charge < -0.3 is 15.2 Å². The van der Waals surface area contributed by atoms with E-state index >= 15 is 0 Å². The summed E-state index contributed by atoms with van der Waals surface area (Å²) in [6.07, 6.45) is 1.58. The smallest absolute Gasteiger partial charge is 0.227 e. The van der Waals surface area contributed by atoms with E-state index in [2.05, 4.69) is 10.2 Å². The molecule has 1 saturated heterocycles. The highest BCUT2D eigenvalue weighted by Crippen LogP contribution is 2.26. The molecule has 0 unspecified atom stereocenters. The molecule has 0 bridgehead atoms. The Hall–Kier alpha value is -3.38. The van der Waals surface area contributed by atoms with Gasteiger partial charge in [-0.1, -0.05) is 24.3 Å². The number of piperidine rings is 1. The third-order valence-electron chi connectivity index (χ3n) is 5.46. The van der Waals surface area contributed by atoms with Crippen LogP contribution in [0.1, 0.15) is 18.4 Å². The molecule has 0 aliphatic carbocycles. The van der Waals surface area contributed by atoms with Crippen LogP contribution < -0.4 is 10.1 Å². The predicted octanol–water partition coefficient (Wildman–Crippen LogP) is 5.17. The maximum Gasteiger partial charge on any atom is 0.227 e. The molecule has 1 fully saturated rings. The van der Waals surface area contributed by atoms with Crippen molar-refractivity contribution >= 4 is 11.6 Å². The summed E-state index contributed by atoms with van der Waals surface area (Å²) in [4.78, 5) is 15.0. The minimum Gasteiger partial charge on any atom is -0.508 e. The average molecular weight is 420 g/mol. The third-order valence-corrected chi connectivity index (χ3v) is 5.46. The van der Waals surface area contributed by atoms with Crippen LogP contribution in [0.3, 0.4) is 0 Å². The summed E-state index contributed by atoms with van der Waals surface area (Å²) in [5, 5.41) is 12.6. The van der Waals surface area contributed by atoms with E-state index in [-0.39, 0.29) is 23.3 Å². The first-order chi connectivity index (χ1) is 15.1. The number of phenols is 1. The number of ether oxygens (including phenoxy) is 1. The summed E-state index contributed by atoms with van der Waals surface area (Å²) in [5.74, 6) is 0.502. The minimum atomic E-state index is -0.421. The van der Waals surface area contributed by atoms with Crippen LogP contribution in [0.4, 0.5) is 10.1 Å². The first-order valence-corrected chi connectivity index (χ1v) is 10.4. The van der Waals surface area contributed by atoms with Crippen molar-refractivity contribution in [3.05, 3.63) is 84.2 Å². The highest BCUT2D eigenvalue weighted by Gasteiger charge is 2.25. The number of amides is 1. The fourth-order valence-electron chi connectivity index (χ4n) is 3.77. The van der Waals surface area contributed by atoms with Gasteiger partial charge in [-0.05, 0) is 80.0 Å². The molecule has 4 rings (SSSR count). The Bertz CT molecular complexity index is 1030. The van der Waals surface area contributed by atoms with Crippen LogP contribution in [-0.2, 0) is 11.3 Å². The maximum atomic E-state index is 13.7. The normalized spacial score (nSPS) is 14.9. The zero-order valence-electron chi connectivity index (χ0n) is 17.1. The van der Waals surface area contributed by atoms with Crippen molar-refractivity contribution in [2.45, 2.75) is 19.4 Å². The number of likely N-dealkylation sites (tertiary alicyclic amines) is 1. The van der Waals surface area contributed by atoms with Gasteiger partial charge in [0, 0.05) is 18.2 Å². The van der Waals surface area contributed by atoms with E-state index in [4.69, 9.17) is 4.74 Å². The minimum absolute atomic E-state index is 0.0137.